The molecule has 0 aliphatic heterocycles. The standard InChI is InChI=1S/C30H29N3O4/c1-36-27-16-15-19(17-28(27)37-2)26-18-23(21-11-5-7-13-24(21)32-26)30(35)33-25-14-8-6-12-22(25)29(34)31-20-9-3-4-10-20/h5-8,11-18,20H,3-4,9-10H2,1-2H3,(H,31,34)(H,33,35). The summed E-state index contributed by atoms with van der Waals surface area (Å²) >= 11 is 0. The van der Waals surface area contributed by atoms with Crippen molar-refractivity contribution in [1.29, 1.82) is 0 Å². The molecular weight excluding hydrogens is 466 g/mol. The molecule has 3 aromatic carbocycles. The molecule has 1 aromatic heterocycles. The van der Waals surface area contributed by atoms with E-state index in [2.05, 4.69) is 10.6 Å². The molecule has 1 aliphatic carbocycles. The molecule has 2 amide bonds. The summed E-state index contributed by atoms with van der Waals surface area (Å²) in [5, 5.41) is 6.80. The van der Waals surface area contributed by atoms with Crippen LogP contribution < -0.4 is 20.1 Å². The third kappa shape index (κ3) is 5.11. The smallest absolute Gasteiger partial charge is 0.256 e. The second kappa shape index (κ2) is 10.7. The lowest BCUT2D eigenvalue weighted by Gasteiger charge is -2.16. The van der Waals surface area contributed by atoms with E-state index in [0.29, 0.717) is 39.5 Å². The second-order valence-corrected chi connectivity index (χ2v) is 9.10. The predicted molar refractivity (Wildman–Crippen MR) is 144 cm³/mol. The van der Waals surface area contributed by atoms with E-state index < -0.39 is 0 Å². The van der Waals surface area contributed by atoms with Gasteiger partial charge in [-0.3, -0.25) is 9.59 Å². The van der Waals surface area contributed by atoms with Gasteiger partial charge < -0.3 is 20.1 Å². The number of aromatic nitrogens is 1. The zero-order valence-electron chi connectivity index (χ0n) is 20.9. The van der Waals surface area contributed by atoms with Gasteiger partial charge in [-0.25, -0.2) is 4.98 Å². The zero-order valence-corrected chi connectivity index (χ0v) is 20.9. The largest absolute Gasteiger partial charge is 0.493 e. The first kappa shape index (κ1) is 24.3. The minimum Gasteiger partial charge on any atom is -0.493 e. The van der Waals surface area contributed by atoms with Crippen molar-refractivity contribution in [2.24, 2.45) is 0 Å². The van der Waals surface area contributed by atoms with Crippen molar-refractivity contribution >= 4 is 28.4 Å². The van der Waals surface area contributed by atoms with E-state index in [1.54, 1.807) is 38.5 Å². The SMILES string of the molecule is COc1ccc(-c2cc(C(=O)Nc3ccccc3C(=O)NC3CCCC3)c3ccccc3n2)cc1OC. The molecule has 0 unspecified atom stereocenters. The molecule has 7 heteroatoms. The fourth-order valence-electron chi connectivity index (χ4n) is 4.82. The monoisotopic (exact) mass is 495 g/mol. The summed E-state index contributed by atoms with van der Waals surface area (Å²) in [7, 11) is 3.16. The summed E-state index contributed by atoms with van der Waals surface area (Å²) in [6.07, 6.45) is 4.23. The molecule has 188 valence electrons. The Kier molecular flexibility index (Phi) is 7.03. The van der Waals surface area contributed by atoms with Crippen molar-refractivity contribution in [3.8, 4) is 22.8 Å². The van der Waals surface area contributed by atoms with E-state index in [-0.39, 0.29) is 17.9 Å². The molecule has 0 spiro atoms. The van der Waals surface area contributed by atoms with Gasteiger partial charge >= 0.3 is 0 Å². The first-order valence-electron chi connectivity index (χ1n) is 12.4. The molecule has 0 atom stereocenters. The number of para-hydroxylation sites is 2. The van der Waals surface area contributed by atoms with Crippen LogP contribution in [0.5, 0.6) is 11.5 Å². The Bertz CT molecular complexity index is 1460. The molecule has 1 heterocycles. The Labute approximate surface area is 215 Å². The van der Waals surface area contributed by atoms with Crippen molar-refractivity contribution in [3.63, 3.8) is 0 Å². The highest BCUT2D eigenvalue weighted by molar-refractivity contribution is 6.15. The van der Waals surface area contributed by atoms with Gasteiger partial charge in [0.2, 0.25) is 0 Å². The lowest BCUT2D eigenvalue weighted by molar-refractivity contribution is 0.0938. The minimum absolute atomic E-state index is 0.173. The van der Waals surface area contributed by atoms with Gasteiger partial charge in [-0.15, -0.1) is 0 Å². The number of nitrogens with one attached hydrogen (secondary N) is 2. The molecule has 0 bridgehead atoms. The number of hydrogen-bond acceptors (Lipinski definition) is 5. The van der Waals surface area contributed by atoms with E-state index >= 15 is 0 Å². The summed E-state index contributed by atoms with van der Waals surface area (Å²) in [5.41, 5.74) is 3.47. The molecule has 1 saturated carbocycles. The van der Waals surface area contributed by atoms with Crippen LogP contribution >= 0.6 is 0 Å². The fraction of sp³-hybridized carbons (Fsp3) is 0.233. The first-order chi connectivity index (χ1) is 18.1. The number of methoxy groups -OCH3 is 2. The summed E-state index contributed by atoms with van der Waals surface area (Å²) in [5.74, 6) is 0.690. The van der Waals surface area contributed by atoms with Crippen LogP contribution in [0.4, 0.5) is 5.69 Å². The number of fused-ring (bicyclic) bond motifs is 1. The van der Waals surface area contributed by atoms with Gasteiger partial charge in [0.1, 0.15) is 0 Å². The number of pyridine rings is 1. The number of hydrogen-bond donors (Lipinski definition) is 2. The van der Waals surface area contributed by atoms with Gasteiger partial charge in [-0.05, 0) is 55.3 Å². The van der Waals surface area contributed by atoms with E-state index in [1.165, 1.54) is 0 Å². The Morgan fingerprint density at radius 2 is 1.54 bits per heavy atom. The molecule has 1 fully saturated rings. The van der Waals surface area contributed by atoms with E-state index in [0.717, 1.165) is 36.6 Å². The van der Waals surface area contributed by atoms with Crippen LogP contribution in [0, 0.1) is 0 Å². The average molecular weight is 496 g/mol. The van der Waals surface area contributed by atoms with Gasteiger partial charge in [0.15, 0.2) is 11.5 Å². The molecular formula is C30H29N3O4. The highest BCUT2D eigenvalue weighted by atomic mass is 16.5. The number of anilines is 1. The maximum atomic E-state index is 13.6. The molecule has 0 saturated heterocycles. The lowest BCUT2D eigenvalue weighted by atomic mass is 10.0. The number of carbonyl (C=O) groups is 2. The average Bonchev–Trinajstić information content (AvgIpc) is 3.45. The summed E-state index contributed by atoms with van der Waals surface area (Å²) < 4.78 is 10.8. The van der Waals surface area contributed by atoms with Crippen LogP contribution in [0.1, 0.15) is 46.4 Å². The maximum absolute atomic E-state index is 13.6. The normalized spacial score (nSPS) is 13.4. The van der Waals surface area contributed by atoms with Crippen LogP contribution in [0.3, 0.4) is 0 Å². The molecule has 5 rings (SSSR count). The maximum Gasteiger partial charge on any atom is 0.256 e. The van der Waals surface area contributed by atoms with E-state index in [4.69, 9.17) is 14.5 Å². The molecule has 4 aromatic rings. The van der Waals surface area contributed by atoms with Crippen molar-refractivity contribution in [3.05, 3.63) is 83.9 Å². The molecule has 7 nitrogen and oxygen atoms in total. The molecule has 0 radical (unpaired) electrons. The minimum atomic E-state index is -0.318. The van der Waals surface area contributed by atoms with Gasteiger partial charge in [0.25, 0.3) is 11.8 Å². The summed E-state index contributed by atoms with van der Waals surface area (Å²) in [6.45, 7) is 0. The topological polar surface area (TPSA) is 89.5 Å². The number of rotatable bonds is 7. The second-order valence-electron chi connectivity index (χ2n) is 9.10. The molecule has 1 aliphatic rings. The summed E-state index contributed by atoms with van der Waals surface area (Å²) in [6, 6.07) is 22.1. The zero-order chi connectivity index (χ0) is 25.8. The third-order valence-corrected chi connectivity index (χ3v) is 6.75. The number of ether oxygens (including phenoxy) is 2. The Morgan fingerprint density at radius 3 is 2.32 bits per heavy atom. The molecule has 37 heavy (non-hydrogen) atoms. The Hall–Kier alpha value is -4.39. The van der Waals surface area contributed by atoms with Crippen molar-refractivity contribution < 1.29 is 19.1 Å². The van der Waals surface area contributed by atoms with Crippen molar-refractivity contribution in [1.82, 2.24) is 10.3 Å². The number of nitrogens with zero attached hydrogens (tertiary/aromatic N) is 1. The number of carbonyl (C=O) groups excluding carboxylic acids is 2. The van der Waals surface area contributed by atoms with Gasteiger partial charge in [0.05, 0.1) is 42.2 Å². The van der Waals surface area contributed by atoms with Crippen LogP contribution in [-0.4, -0.2) is 37.1 Å². The first-order valence-corrected chi connectivity index (χ1v) is 12.4. The lowest BCUT2D eigenvalue weighted by Crippen LogP contribution is -2.33. The third-order valence-electron chi connectivity index (χ3n) is 6.75. The van der Waals surface area contributed by atoms with Gasteiger partial charge in [0, 0.05) is 17.0 Å². The van der Waals surface area contributed by atoms with Crippen LogP contribution in [-0.2, 0) is 0 Å². The van der Waals surface area contributed by atoms with Crippen LogP contribution in [0.2, 0.25) is 0 Å². The van der Waals surface area contributed by atoms with Crippen LogP contribution in [0.25, 0.3) is 22.2 Å². The highest BCUT2D eigenvalue weighted by Crippen LogP contribution is 2.33. The van der Waals surface area contributed by atoms with Crippen LogP contribution in [0.15, 0.2) is 72.8 Å². The highest BCUT2D eigenvalue weighted by Gasteiger charge is 2.21. The Balaban J connectivity index is 1.50. The van der Waals surface area contributed by atoms with Crippen molar-refractivity contribution in [2.75, 3.05) is 19.5 Å². The molecule has 2 N–H and O–H groups in total. The van der Waals surface area contributed by atoms with Crippen molar-refractivity contribution in [2.45, 2.75) is 31.7 Å². The van der Waals surface area contributed by atoms with E-state index in [1.807, 2.05) is 48.5 Å². The predicted octanol–water partition coefficient (Wildman–Crippen LogP) is 5.84. The van der Waals surface area contributed by atoms with E-state index in [9.17, 15) is 9.59 Å². The van der Waals surface area contributed by atoms with Gasteiger partial charge in [-0.1, -0.05) is 43.2 Å². The quantitative estimate of drug-likeness (QED) is 0.336. The fourth-order valence-corrected chi connectivity index (χ4v) is 4.82. The number of benzene rings is 3. The summed E-state index contributed by atoms with van der Waals surface area (Å²) in [4.78, 5) is 31.4. The number of amides is 2. The van der Waals surface area contributed by atoms with Gasteiger partial charge in [-0.2, -0.15) is 0 Å². The Morgan fingerprint density at radius 1 is 0.811 bits per heavy atom.